The fraction of sp³-hybridized carbons (Fsp3) is 0.649. The van der Waals surface area contributed by atoms with Gasteiger partial charge in [0.2, 0.25) is 11.8 Å². The Bertz CT molecular complexity index is 1740. The van der Waals surface area contributed by atoms with Crippen LogP contribution in [0.4, 0.5) is 9.59 Å². The molecular formula is C37H47ClN4O9S. The molecule has 4 amide bonds. The Labute approximate surface area is 309 Å². The molecule has 52 heavy (non-hydrogen) atoms. The van der Waals surface area contributed by atoms with E-state index >= 15 is 0 Å². The van der Waals surface area contributed by atoms with Crippen LogP contribution in [0.2, 0.25) is 5.02 Å². The third-order valence-electron chi connectivity index (χ3n) is 11.4. The molecule has 1 saturated heterocycles. The average Bonchev–Trinajstić information content (AvgIpc) is 3.88. The Morgan fingerprint density at radius 2 is 1.73 bits per heavy atom. The van der Waals surface area contributed by atoms with E-state index < -0.39 is 74.4 Å². The van der Waals surface area contributed by atoms with Gasteiger partial charge < -0.3 is 25.0 Å². The number of sulfone groups is 1. The predicted molar refractivity (Wildman–Crippen MR) is 190 cm³/mol. The van der Waals surface area contributed by atoms with Crippen LogP contribution in [0.15, 0.2) is 30.4 Å². The molecular weight excluding hydrogens is 712 g/mol. The monoisotopic (exact) mass is 758 g/mol. The second kappa shape index (κ2) is 15.0. The highest BCUT2D eigenvalue weighted by Gasteiger charge is 2.61. The summed E-state index contributed by atoms with van der Waals surface area (Å²) >= 11 is 6.37. The molecule has 282 valence electrons. The van der Waals surface area contributed by atoms with Crippen LogP contribution in [0.25, 0.3) is 0 Å². The van der Waals surface area contributed by atoms with Crippen LogP contribution in [-0.4, -0.2) is 95.4 Å². The number of alkyl carbamates (subject to hydrolysis) is 1. The van der Waals surface area contributed by atoms with Crippen LogP contribution in [0.1, 0.15) is 94.6 Å². The Hall–Kier alpha value is -3.65. The first-order chi connectivity index (χ1) is 24.9. The molecule has 5 atom stereocenters. The molecule has 4 fully saturated rings. The maximum absolute atomic E-state index is 14.4. The van der Waals surface area contributed by atoms with E-state index in [2.05, 4.69) is 10.6 Å². The number of Topliss-reactive ketones (excluding diaryl/α,β-unsaturated/α-hetero) is 1. The summed E-state index contributed by atoms with van der Waals surface area (Å²) in [5, 5.41) is 5.68. The van der Waals surface area contributed by atoms with Crippen molar-refractivity contribution in [2.24, 2.45) is 5.92 Å². The number of rotatable bonds is 7. The van der Waals surface area contributed by atoms with Crippen molar-refractivity contribution in [1.29, 1.82) is 0 Å². The highest BCUT2D eigenvalue weighted by Crippen LogP contribution is 2.47. The molecule has 1 aromatic rings. The highest BCUT2D eigenvalue weighted by molar-refractivity contribution is 7.93. The zero-order valence-electron chi connectivity index (χ0n) is 29.2. The number of hydrogen-bond acceptors (Lipinski definition) is 9. The van der Waals surface area contributed by atoms with Crippen molar-refractivity contribution in [3.8, 4) is 0 Å². The zero-order chi connectivity index (χ0) is 36.6. The molecule has 7 rings (SSSR count). The number of carbonyl (C=O) groups is 5. The van der Waals surface area contributed by atoms with Crippen LogP contribution in [-0.2, 0) is 46.8 Å². The molecule has 1 aromatic carbocycles. The van der Waals surface area contributed by atoms with E-state index in [1.165, 1.54) is 9.80 Å². The first-order valence-corrected chi connectivity index (χ1v) is 20.8. The summed E-state index contributed by atoms with van der Waals surface area (Å²) in [6.07, 6.45) is 9.38. The van der Waals surface area contributed by atoms with Gasteiger partial charge in [-0.2, -0.15) is 0 Å². The molecule has 3 saturated carbocycles. The van der Waals surface area contributed by atoms with E-state index in [9.17, 15) is 32.4 Å². The van der Waals surface area contributed by atoms with E-state index in [0.717, 1.165) is 49.7 Å². The minimum atomic E-state index is -3.65. The summed E-state index contributed by atoms with van der Waals surface area (Å²) in [4.78, 5) is 71.7. The Morgan fingerprint density at radius 1 is 0.962 bits per heavy atom. The number of hydrogen-bond donors (Lipinski definition) is 2. The van der Waals surface area contributed by atoms with Gasteiger partial charge in [-0.15, -0.1) is 0 Å². The molecule has 0 bridgehead atoms. The van der Waals surface area contributed by atoms with Crippen molar-refractivity contribution in [2.45, 2.75) is 132 Å². The van der Waals surface area contributed by atoms with Gasteiger partial charge >= 0.3 is 12.2 Å². The van der Waals surface area contributed by atoms with Gasteiger partial charge in [-0.25, -0.2) is 18.0 Å². The van der Waals surface area contributed by atoms with Crippen LogP contribution in [0.5, 0.6) is 0 Å². The maximum Gasteiger partial charge on any atom is 0.410 e. The quantitative estimate of drug-likeness (QED) is 0.385. The largest absolute Gasteiger partial charge is 0.446 e. The highest BCUT2D eigenvalue weighted by atomic mass is 35.5. The van der Waals surface area contributed by atoms with Crippen molar-refractivity contribution in [3.05, 3.63) is 46.5 Å². The molecule has 0 radical (unpaired) electrons. The first kappa shape index (κ1) is 36.7. The van der Waals surface area contributed by atoms with Crippen molar-refractivity contribution >= 4 is 51.2 Å². The lowest BCUT2D eigenvalue weighted by atomic mass is 10.0. The summed E-state index contributed by atoms with van der Waals surface area (Å²) in [5.41, 5.74) is 0.325. The number of nitrogens with zero attached hydrogens (tertiary/aromatic N) is 2. The molecule has 3 heterocycles. The lowest BCUT2D eigenvalue weighted by Crippen LogP contribution is -2.57. The molecule has 3 aliphatic heterocycles. The van der Waals surface area contributed by atoms with Crippen LogP contribution < -0.4 is 10.6 Å². The van der Waals surface area contributed by atoms with Crippen molar-refractivity contribution in [3.63, 3.8) is 0 Å². The number of ketones is 1. The summed E-state index contributed by atoms with van der Waals surface area (Å²) < 4.78 is 37.3. The van der Waals surface area contributed by atoms with Gasteiger partial charge in [-0.1, -0.05) is 48.7 Å². The number of fused-ring (bicyclic) bond motifs is 3. The molecule has 0 spiro atoms. The number of allylic oxidation sites excluding steroid dienone is 1. The smallest absolute Gasteiger partial charge is 0.410 e. The minimum Gasteiger partial charge on any atom is -0.446 e. The Balaban J connectivity index is 1.12. The van der Waals surface area contributed by atoms with E-state index in [0.29, 0.717) is 43.7 Å². The molecule has 13 nitrogen and oxygen atoms in total. The second-order valence-corrected chi connectivity index (χ2v) is 17.9. The maximum atomic E-state index is 14.4. The van der Waals surface area contributed by atoms with E-state index in [1.54, 1.807) is 6.07 Å². The standard InChI is InChI=1S/C37H47ClN4O9S/c38-29-13-8-9-23-19-41(21-28(23)29)36(47)51-26-17-31-33(44)40-37(32(43)22-52(48,49)27-15-16-27)18-24(37)10-4-2-1-3-5-14-30(34(45)42(31)20-26)39-35(46)50-25-11-6-7-12-25/h4,8-10,13,24-27,30-31H,1-3,5-7,11-12,14-22H2,(H,39,46)(H,40,44)/b10-4-/t24-,26-,30+,31+,37-/m1/s1. The van der Waals surface area contributed by atoms with Crippen LogP contribution >= 0.6 is 11.6 Å². The van der Waals surface area contributed by atoms with Crippen LogP contribution in [0.3, 0.4) is 0 Å². The fourth-order valence-corrected chi connectivity index (χ4v) is 10.1. The molecule has 3 aliphatic carbocycles. The Morgan fingerprint density at radius 3 is 2.48 bits per heavy atom. The van der Waals surface area contributed by atoms with Gasteiger partial charge in [0.1, 0.15) is 35.6 Å². The van der Waals surface area contributed by atoms with Gasteiger partial charge in [0.15, 0.2) is 15.6 Å². The van der Waals surface area contributed by atoms with Crippen molar-refractivity contribution in [1.82, 2.24) is 20.4 Å². The molecule has 6 aliphatic rings. The third kappa shape index (κ3) is 7.97. The summed E-state index contributed by atoms with van der Waals surface area (Å²) in [6.45, 7) is 0.443. The van der Waals surface area contributed by atoms with Crippen LogP contribution in [0, 0.1) is 5.92 Å². The number of ether oxygens (including phenoxy) is 2. The predicted octanol–water partition coefficient (Wildman–Crippen LogP) is 4.34. The van der Waals surface area contributed by atoms with Gasteiger partial charge in [-0.05, 0) is 81.4 Å². The molecule has 0 aromatic heterocycles. The topological polar surface area (TPSA) is 168 Å². The number of carbonyl (C=O) groups excluding carboxylic acids is 5. The van der Waals surface area contributed by atoms with Gasteiger partial charge in [0.05, 0.1) is 18.3 Å². The number of halogens is 1. The first-order valence-electron chi connectivity index (χ1n) is 18.7. The SMILES string of the molecule is O=C(N[C@H]1CCCCC/C=C\[C@@H]2C[C@@]2(C(=O)CS(=O)(=O)C2CC2)NC(=O)[C@@H]2C[C@@H](OC(=O)N3Cc4cccc(Cl)c4C3)CN2C1=O)OC1CCCC1. The van der Waals surface area contributed by atoms with Gasteiger partial charge in [0, 0.05) is 23.9 Å². The third-order valence-corrected chi connectivity index (χ3v) is 13.9. The van der Waals surface area contributed by atoms with E-state index in [4.69, 9.17) is 21.1 Å². The molecule has 0 unspecified atom stereocenters. The number of nitrogens with one attached hydrogen (secondary N) is 2. The summed E-state index contributed by atoms with van der Waals surface area (Å²) in [6, 6.07) is 3.32. The van der Waals surface area contributed by atoms with E-state index in [-0.39, 0.29) is 38.0 Å². The fourth-order valence-electron chi connectivity index (χ4n) is 8.16. The van der Waals surface area contributed by atoms with Crippen molar-refractivity contribution < 1.29 is 41.9 Å². The molecule has 15 heteroatoms. The van der Waals surface area contributed by atoms with Gasteiger partial charge in [0.25, 0.3) is 0 Å². The van der Waals surface area contributed by atoms with E-state index in [1.807, 2.05) is 24.3 Å². The second-order valence-electron chi connectivity index (χ2n) is 15.3. The number of benzene rings is 1. The Kier molecular flexibility index (Phi) is 10.6. The average molecular weight is 759 g/mol. The number of amides is 4. The summed E-state index contributed by atoms with van der Waals surface area (Å²) in [7, 11) is -3.65. The minimum absolute atomic E-state index is 0.0464. The lowest BCUT2D eigenvalue weighted by Gasteiger charge is -2.30. The van der Waals surface area contributed by atoms with Crippen molar-refractivity contribution in [2.75, 3.05) is 12.3 Å². The van der Waals surface area contributed by atoms with Gasteiger partial charge in [-0.3, -0.25) is 19.3 Å². The summed E-state index contributed by atoms with van der Waals surface area (Å²) in [5.74, 6) is -2.76. The lowest BCUT2D eigenvalue weighted by molar-refractivity contribution is -0.141. The zero-order valence-corrected chi connectivity index (χ0v) is 30.8. The molecule has 2 N–H and O–H groups in total. The normalized spacial score (nSPS) is 30.2.